The van der Waals surface area contributed by atoms with Crippen LogP contribution in [0, 0.1) is 11.8 Å². The van der Waals surface area contributed by atoms with Gasteiger partial charge in [-0.2, -0.15) is 0 Å². The second kappa shape index (κ2) is 10.1. The van der Waals surface area contributed by atoms with E-state index in [1.807, 2.05) is 38.1 Å². The molecular formula is C23H34O3. The van der Waals surface area contributed by atoms with Crippen LogP contribution in [0.25, 0.3) is 0 Å². The number of benzene rings is 1. The van der Waals surface area contributed by atoms with Crippen molar-refractivity contribution < 1.29 is 14.2 Å². The molecule has 1 fully saturated rings. The van der Waals surface area contributed by atoms with Crippen molar-refractivity contribution in [2.45, 2.75) is 59.0 Å². The fraction of sp³-hybridized carbons (Fsp3) is 0.565. The summed E-state index contributed by atoms with van der Waals surface area (Å²) in [6, 6.07) is 10.3. The predicted molar refractivity (Wildman–Crippen MR) is 107 cm³/mol. The maximum absolute atomic E-state index is 6.04. The maximum atomic E-state index is 6.04. The van der Waals surface area contributed by atoms with Gasteiger partial charge < -0.3 is 14.2 Å². The Bertz CT molecular complexity index is 576. The van der Waals surface area contributed by atoms with Gasteiger partial charge in [-0.1, -0.05) is 55.0 Å². The van der Waals surface area contributed by atoms with E-state index in [1.165, 1.54) is 11.1 Å². The second-order valence-corrected chi connectivity index (χ2v) is 7.88. The van der Waals surface area contributed by atoms with Crippen molar-refractivity contribution in [3.8, 4) is 0 Å². The Morgan fingerprint density at radius 1 is 1.35 bits per heavy atom. The average molecular weight is 359 g/mol. The van der Waals surface area contributed by atoms with Crippen LogP contribution in [-0.4, -0.2) is 25.1 Å². The third-order valence-corrected chi connectivity index (χ3v) is 4.63. The molecule has 0 aliphatic carbocycles. The van der Waals surface area contributed by atoms with Crippen LogP contribution in [0.2, 0.25) is 0 Å². The van der Waals surface area contributed by atoms with E-state index in [1.54, 1.807) is 0 Å². The number of allylic oxidation sites excluding steroid dienone is 2. The number of ether oxygens (including phenoxy) is 3. The zero-order valence-electron chi connectivity index (χ0n) is 16.7. The van der Waals surface area contributed by atoms with E-state index in [0.29, 0.717) is 25.0 Å². The van der Waals surface area contributed by atoms with Crippen LogP contribution in [0.5, 0.6) is 0 Å². The van der Waals surface area contributed by atoms with Gasteiger partial charge in [0, 0.05) is 12.5 Å². The minimum atomic E-state index is -0.482. The van der Waals surface area contributed by atoms with Crippen LogP contribution in [-0.2, 0) is 20.8 Å². The first-order chi connectivity index (χ1) is 12.4. The van der Waals surface area contributed by atoms with Crippen molar-refractivity contribution in [2.24, 2.45) is 11.8 Å². The zero-order chi connectivity index (χ0) is 19.0. The topological polar surface area (TPSA) is 27.7 Å². The number of rotatable bonds is 10. The van der Waals surface area contributed by atoms with E-state index < -0.39 is 5.79 Å². The van der Waals surface area contributed by atoms with Crippen molar-refractivity contribution >= 4 is 0 Å². The minimum absolute atomic E-state index is 0.0996. The largest absolute Gasteiger partial charge is 0.376 e. The third-order valence-electron chi connectivity index (χ3n) is 4.63. The van der Waals surface area contributed by atoms with Gasteiger partial charge in [-0.3, -0.25) is 0 Å². The normalized spacial score (nSPS) is 22.2. The van der Waals surface area contributed by atoms with E-state index in [9.17, 15) is 0 Å². The van der Waals surface area contributed by atoms with Crippen LogP contribution >= 0.6 is 0 Å². The summed E-state index contributed by atoms with van der Waals surface area (Å²) in [5.74, 6) is 0.313. The van der Waals surface area contributed by atoms with Crippen molar-refractivity contribution in [1.82, 2.24) is 0 Å². The van der Waals surface area contributed by atoms with E-state index in [0.717, 1.165) is 19.4 Å². The van der Waals surface area contributed by atoms with E-state index in [-0.39, 0.29) is 6.10 Å². The van der Waals surface area contributed by atoms with Gasteiger partial charge in [-0.25, -0.2) is 0 Å². The lowest BCUT2D eigenvalue weighted by molar-refractivity contribution is -0.142. The Kier molecular flexibility index (Phi) is 8.08. The fourth-order valence-electron chi connectivity index (χ4n) is 3.44. The molecule has 1 saturated heterocycles. The van der Waals surface area contributed by atoms with Crippen molar-refractivity contribution in [2.75, 3.05) is 13.2 Å². The van der Waals surface area contributed by atoms with Gasteiger partial charge in [-0.05, 0) is 45.1 Å². The smallest absolute Gasteiger partial charge is 0.163 e. The highest BCUT2D eigenvalue weighted by atomic mass is 16.7. The molecule has 1 aliphatic rings. The lowest BCUT2D eigenvalue weighted by atomic mass is 9.93. The average Bonchev–Trinajstić information content (AvgIpc) is 2.95. The number of hydrogen-bond donors (Lipinski definition) is 0. The summed E-state index contributed by atoms with van der Waals surface area (Å²) < 4.78 is 17.7. The van der Waals surface area contributed by atoms with E-state index in [2.05, 4.69) is 38.6 Å². The monoisotopic (exact) mass is 358 g/mol. The summed E-state index contributed by atoms with van der Waals surface area (Å²) >= 11 is 0. The quantitative estimate of drug-likeness (QED) is 0.515. The molecular weight excluding hydrogens is 324 g/mol. The lowest BCUT2D eigenvalue weighted by Gasteiger charge is -2.22. The zero-order valence-corrected chi connectivity index (χ0v) is 16.7. The van der Waals surface area contributed by atoms with Crippen LogP contribution in [0.4, 0.5) is 0 Å². The Morgan fingerprint density at radius 2 is 2.08 bits per heavy atom. The summed E-state index contributed by atoms with van der Waals surface area (Å²) in [6.07, 6.45) is 6.34. The lowest BCUT2D eigenvalue weighted by Crippen LogP contribution is -2.25. The Balaban J connectivity index is 1.81. The molecule has 0 aromatic heterocycles. The summed E-state index contributed by atoms with van der Waals surface area (Å²) in [6.45, 7) is 14.4. The summed E-state index contributed by atoms with van der Waals surface area (Å²) in [5, 5.41) is 0. The van der Waals surface area contributed by atoms with Gasteiger partial charge in [0.1, 0.15) is 0 Å². The predicted octanol–water partition coefficient (Wildman–Crippen LogP) is 5.52. The molecule has 3 atom stereocenters. The highest BCUT2D eigenvalue weighted by molar-refractivity contribution is 5.13. The summed E-state index contributed by atoms with van der Waals surface area (Å²) in [7, 11) is 0. The van der Waals surface area contributed by atoms with Crippen LogP contribution < -0.4 is 0 Å². The molecule has 1 heterocycles. The van der Waals surface area contributed by atoms with Gasteiger partial charge in [0.15, 0.2) is 5.79 Å². The SMILES string of the molecule is C=CC[C@H](/C=C(\C)C[C@H](C)COCc1ccccc1)[C@@H]1COC(C)(C)O1. The van der Waals surface area contributed by atoms with E-state index >= 15 is 0 Å². The molecule has 0 radical (unpaired) electrons. The summed E-state index contributed by atoms with van der Waals surface area (Å²) in [5.41, 5.74) is 2.60. The summed E-state index contributed by atoms with van der Waals surface area (Å²) in [4.78, 5) is 0. The highest BCUT2D eigenvalue weighted by Gasteiger charge is 2.36. The molecule has 2 rings (SSSR count). The van der Waals surface area contributed by atoms with Crippen LogP contribution in [0.1, 0.15) is 46.1 Å². The molecule has 0 N–H and O–H groups in total. The minimum Gasteiger partial charge on any atom is -0.376 e. The molecule has 0 bridgehead atoms. The van der Waals surface area contributed by atoms with Crippen LogP contribution in [0.15, 0.2) is 54.6 Å². The first-order valence-corrected chi connectivity index (χ1v) is 9.61. The maximum Gasteiger partial charge on any atom is 0.163 e. The van der Waals surface area contributed by atoms with Crippen molar-refractivity contribution in [1.29, 1.82) is 0 Å². The van der Waals surface area contributed by atoms with Crippen molar-refractivity contribution in [3.05, 3.63) is 60.2 Å². The molecule has 3 nitrogen and oxygen atoms in total. The molecule has 144 valence electrons. The molecule has 0 amide bonds. The van der Waals surface area contributed by atoms with Crippen molar-refractivity contribution in [3.63, 3.8) is 0 Å². The Morgan fingerprint density at radius 3 is 2.69 bits per heavy atom. The number of hydrogen-bond acceptors (Lipinski definition) is 3. The van der Waals surface area contributed by atoms with E-state index in [4.69, 9.17) is 14.2 Å². The van der Waals surface area contributed by atoms with Gasteiger partial charge in [0.25, 0.3) is 0 Å². The molecule has 1 aromatic carbocycles. The molecule has 0 saturated carbocycles. The second-order valence-electron chi connectivity index (χ2n) is 7.88. The van der Waals surface area contributed by atoms with Crippen LogP contribution in [0.3, 0.4) is 0 Å². The van der Waals surface area contributed by atoms with Gasteiger partial charge >= 0.3 is 0 Å². The molecule has 1 aliphatic heterocycles. The van der Waals surface area contributed by atoms with Gasteiger partial charge in [0.2, 0.25) is 0 Å². The molecule has 26 heavy (non-hydrogen) atoms. The molecule has 3 heteroatoms. The first kappa shape index (κ1) is 20.9. The molecule has 0 unspecified atom stereocenters. The van der Waals surface area contributed by atoms with Gasteiger partial charge in [-0.15, -0.1) is 6.58 Å². The Hall–Kier alpha value is -1.42. The third kappa shape index (κ3) is 7.06. The van der Waals surface area contributed by atoms with Gasteiger partial charge in [0.05, 0.1) is 19.3 Å². The first-order valence-electron chi connectivity index (χ1n) is 9.61. The Labute approximate surface area is 159 Å². The standard InChI is InChI=1S/C23H34O3/c1-6-10-21(22-17-25-23(4,5)26-22)14-18(2)13-19(3)15-24-16-20-11-8-7-9-12-20/h6-9,11-12,14,19,21-22H,1,10,13,15-17H2,2-5H3/b18-14+/t19-,21+,22-/m0/s1. The highest BCUT2D eigenvalue weighted by Crippen LogP contribution is 2.30. The molecule has 0 spiro atoms. The molecule has 1 aromatic rings. The fourth-order valence-corrected chi connectivity index (χ4v) is 3.44.